The summed E-state index contributed by atoms with van der Waals surface area (Å²) in [7, 11) is 2.09. The molecule has 2 heterocycles. The van der Waals surface area contributed by atoms with Gasteiger partial charge in [0.25, 0.3) is 0 Å². The van der Waals surface area contributed by atoms with Crippen LogP contribution in [0.25, 0.3) is 0 Å². The zero-order valence-corrected chi connectivity index (χ0v) is 12.6. The lowest BCUT2D eigenvalue weighted by atomic mass is 9.94. The van der Waals surface area contributed by atoms with Crippen molar-refractivity contribution in [2.45, 2.75) is 37.8 Å². The second kappa shape index (κ2) is 5.01. The molecule has 2 fully saturated rings. The molecule has 106 valence electrons. The summed E-state index contributed by atoms with van der Waals surface area (Å²) in [6.07, 6.45) is 9.61. The Kier molecular flexibility index (Phi) is 3.15. The van der Waals surface area contributed by atoms with E-state index in [-0.39, 0.29) is 6.04 Å². The molecule has 0 spiro atoms. The Morgan fingerprint density at radius 1 is 1.40 bits per heavy atom. The summed E-state index contributed by atoms with van der Waals surface area (Å²) in [4.78, 5) is 5.96. The van der Waals surface area contributed by atoms with Crippen molar-refractivity contribution in [1.29, 1.82) is 0 Å². The number of thiophene rings is 1. The van der Waals surface area contributed by atoms with E-state index in [0.717, 1.165) is 17.7 Å². The van der Waals surface area contributed by atoms with Crippen molar-refractivity contribution in [3.8, 4) is 0 Å². The van der Waals surface area contributed by atoms with Gasteiger partial charge in [-0.3, -0.25) is 5.32 Å². The number of rotatable bonds is 4. The van der Waals surface area contributed by atoms with Gasteiger partial charge in [-0.2, -0.15) is 0 Å². The quantitative estimate of drug-likeness (QED) is 0.934. The van der Waals surface area contributed by atoms with E-state index in [2.05, 4.69) is 39.4 Å². The molecule has 0 amide bonds. The summed E-state index contributed by atoms with van der Waals surface area (Å²) in [5, 5.41) is 6.08. The van der Waals surface area contributed by atoms with E-state index in [1.807, 2.05) is 23.7 Å². The maximum Gasteiger partial charge on any atom is 0.131 e. The highest BCUT2D eigenvalue weighted by Crippen LogP contribution is 2.45. The highest BCUT2D eigenvalue weighted by atomic mass is 32.1. The number of hydrogen-bond acceptors (Lipinski definition) is 3. The van der Waals surface area contributed by atoms with Crippen molar-refractivity contribution in [2.24, 2.45) is 18.9 Å². The van der Waals surface area contributed by atoms with Crippen LogP contribution in [0.1, 0.15) is 42.4 Å². The predicted molar refractivity (Wildman–Crippen MR) is 81.7 cm³/mol. The highest BCUT2D eigenvalue weighted by Gasteiger charge is 2.40. The lowest BCUT2D eigenvalue weighted by molar-refractivity contribution is 0.329. The summed E-state index contributed by atoms with van der Waals surface area (Å²) in [5.41, 5.74) is 0. The number of aromatic nitrogens is 2. The van der Waals surface area contributed by atoms with E-state index in [0.29, 0.717) is 6.04 Å². The molecule has 2 aliphatic rings. The Labute approximate surface area is 124 Å². The van der Waals surface area contributed by atoms with Crippen LogP contribution in [0.5, 0.6) is 0 Å². The van der Waals surface area contributed by atoms with Gasteiger partial charge in [-0.05, 0) is 42.5 Å². The number of aryl methyl sites for hydroxylation is 1. The number of imidazole rings is 1. The van der Waals surface area contributed by atoms with Crippen LogP contribution in [0.2, 0.25) is 0 Å². The normalized spacial score (nSPS) is 29.9. The van der Waals surface area contributed by atoms with Gasteiger partial charge in [-0.25, -0.2) is 4.98 Å². The van der Waals surface area contributed by atoms with E-state index in [4.69, 9.17) is 0 Å². The predicted octanol–water partition coefficient (Wildman–Crippen LogP) is 3.35. The molecular weight excluding hydrogens is 266 g/mol. The van der Waals surface area contributed by atoms with Gasteiger partial charge in [0.05, 0.1) is 0 Å². The monoisotopic (exact) mass is 287 g/mol. The first-order chi connectivity index (χ1) is 9.81. The minimum absolute atomic E-state index is 0.249. The number of nitrogens with zero attached hydrogens (tertiary/aromatic N) is 2. The summed E-state index contributed by atoms with van der Waals surface area (Å²) in [6, 6.07) is 5.29. The lowest BCUT2D eigenvalue weighted by Gasteiger charge is -2.28. The highest BCUT2D eigenvalue weighted by molar-refractivity contribution is 7.10. The molecule has 2 aliphatic carbocycles. The Balaban J connectivity index is 1.61. The molecule has 3 nitrogen and oxygen atoms in total. The van der Waals surface area contributed by atoms with Crippen molar-refractivity contribution >= 4 is 11.3 Å². The minimum Gasteiger partial charge on any atom is -0.336 e. The second-order valence-corrected chi connectivity index (χ2v) is 7.27. The molecule has 0 aliphatic heterocycles. The van der Waals surface area contributed by atoms with E-state index < -0.39 is 0 Å². The molecule has 2 bridgehead atoms. The molecular formula is C16H21N3S. The summed E-state index contributed by atoms with van der Waals surface area (Å²) in [6.45, 7) is 0. The third-order valence-electron chi connectivity index (χ3n) is 5.06. The Hall–Kier alpha value is -1.13. The summed E-state index contributed by atoms with van der Waals surface area (Å²) < 4.78 is 2.14. The molecule has 2 saturated carbocycles. The van der Waals surface area contributed by atoms with E-state index in [1.54, 1.807) is 0 Å². The molecule has 0 aromatic carbocycles. The van der Waals surface area contributed by atoms with E-state index in [1.165, 1.54) is 30.6 Å². The molecule has 4 unspecified atom stereocenters. The second-order valence-electron chi connectivity index (χ2n) is 6.29. The third-order valence-corrected chi connectivity index (χ3v) is 6.00. The SMILES string of the molecule is Cn1ccnc1C(NC1CC2CCC1C2)c1cccs1. The molecule has 4 atom stereocenters. The van der Waals surface area contributed by atoms with Crippen LogP contribution in [0, 0.1) is 11.8 Å². The Morgan fingerprint density at radius 3 is 2.95 bits per heavy atom. The first-order valence-corrected chi connectivity index (χ1v) is 8.46. The van der Waals surface area contributed by atoms with Gasteiger partial charge in [0.15, 0.2) is 0 Å². The van der Waals surface area contributed by atoms with Gasteiger partial charge in [0.1, 0.15) is 11.9 Å². The van der Waals surface area contributed by atoms with Crippen LogP contribution in [0.3, 0.4) is 0 Å². The van der Waals surface area contributed by atoms with Gasteiger partial charge in [-0.1, -0.05) is 12.5 Å². The number of fused-ring (bicyclic) bond motifs is 2. The van der Waals surface area contributed by atoms with Crippen LogP contribution in [0.4, 0.5) is 0 Å². The first kappa shape index (κ1) is 12.6. The fourth-order valence-corrected chi connectivity index (χ4v) is 4.84. The van der Waals surface area contributed by atoms with Gasteiger partial charge >= 0.3 is 0 Å². The van der Waals surface area contributed by atoms with E-state index in [9.17, 15) is 0 Å². The van der Waals surface area contributed by atoms with Crippen LogP contribution in [0.15, 0.2) is 29.9 Å². The fraction of sp³-hybridized carbons (Fsp3) is 0.562. The van der Waals surface area contributed by atoms with Gasteiger partial charge in [0, 0.05) is 30.4 Å². The van der Waals surface area contributed by atoms with Gasteiger partial charge in [-0.15, -0.1) is 11.3 Å². The number of nitrogens with one attached hydrogen (secondary N) is 1. The average molecular weight is 287 g/mol. The molecule has 2 aromatic rings. The van der Waals surface area contributed by atoms with E-state index >= 15 is 0 Å². The van der Waals surface area contributed by atoms with Crippen molar-refractivity contribution in [2.75, 3.05) is 0 Å². The van der Waals surface area contributed by atoms with Crippen LogP contribution in [-0.4, -0.2) is 15.6 Å². The number of hydrogen-bond donors (Lipinski definition) is 1. The molecule has 0 radical (unpaired) electrons. The third kappa shape index (κ3) is 2.11. The van der Waals surface area contributed by atoms with Crippen LogP contribution >= 0.6 is 11.3 Å². The summed E-state index contributed by atoms with van der Waals surface area (Å²) >= 11 is 1.83. The van der Waals surface area contributed by atoms with Crippen LogP contribution < -0.4 is 5.32 Å². The van der Waals surface area contributed by atoms with Gasteiger partial charge < -0.3 is 4.57 Å². The molecule has 2 aromatic heterocycles. The molecule has 4 heteroatoms. The topological polar surface area (TPSA) is 29.9 Å². The maximum absolute atomic E-state index is 4.58. The fourth-order valence-electron chi connectivity index (χ4n) is 4.06. The largest absolute Gasteiger partial charge is 0.336 e. The molecule has 4 rings (SSSR count). The zero-order chi connectivity index (χ0) is 13.5. The van der Waals surface area contributed by atoms with Gasteiger partial charge in [0.2, 0.25) is 0 Å². The zero-order valence-electron chi connectivity index (χ0n) is 11.8. The minimum atomic E-state index is 0.249. The summed E-state index contributed by atoms with van der Waals surface area (Å²) in [5.74, 6) is 3.00. The Bertz CT molecular complexity index is 574. The van der Waals surface area contributed by atoms with Crippen molar-refractivity contribution in [3.05, 3.63) is 40.6 Å². The molecule has 20 heavy (non-hydrogen) atoms. The lowest BCUT2D eigenvalue weighted by Crippen LogP contribution is -2.38. The van der Waals surface area contributed by atoms with Crippen LogP contribution in [-0.2, 0) is 7.05 Å². The standard InChI is InChI=1S/C16H21N3S/c1-19-7-6-17-16(19)15(14-3-2-8-20-14)18-13-10-11-4-5-12(13)9-11/h2-3,6-8,11-13,15,18H,4-5,9-10H2,1H3. The van der Waals surface area contributed by atoms with Crippen molar-refractivity contribution in [1.82, 2.24) is 14.9 Å². The van der Waals surface area contributed by atoms with Crippen molar-refractivity contribution < 1.29 is 0 Å². The molecule has 1 N–H and O–H groups in total. The first-order valence-electron chi connectivity index (χ1n) is 7.58. The Morgan fingerprint density at radius 2 is 2.35 bits per heavy atom. The maximum atomic E-state index is 4.58. The molecule has 0 saturated heterocycles. The van der Waals surface area contributed by atoms with Crippen molar-refractivity contribution in [3.63, 3.8) is 0 Å². The smallest absolute Gasteiger partial charge is 0.131 e. The average Bonchev–Trinajstić information content (AvgIpc) is 3.21.